The number of carbonyl (C=O) groups excluding carboxylic acids is 2. The maximum atomic E-state index is 14.7. The Balaban J connectivity index is 2.15. The third-order valence-corrected chi connectivity index (χ3v) is 4.67. The lowest BCUT2D eigenvalue weighted by Gasteiger charge is -2.23. The topological polar surface area (TPSA) is 63.4 Å². The number of hydrogen-bond acceptors (Lipinski definition) is 2. The molecule has 140 valence electrons. The molecule has 0 bridgehead atoms. The molecule has 0 atom stereocenters. The SMILES string of the molecule is Cc1ccc(C(=O)N2CCC(F)(F)/C(=C\C(N)=O)c3ccccc32)c(C)c1. The van der Waals surface area contributed by atoms with Crippen LogP contribution in [0.3, 0.4) is 0 Å². The number of aryl methyl sites for hydroxylation is 2. The molecule has 0 unspecified atom stereocenters. The first kappa shape index (κ1) is 18.8. The third kappa shape index (κ3) is 3.60. The molecule has 2 N–H and O–H groups in total. The Labute approximate surface area is 156 Å². The second-order valence-electron chi connectivity index (χ2n) is 6.71. The highest BCUT2D eigenvalue weighted by atomic mass is 19.3. The van der Waals surface area contributed by atoms with Gasteiger partial charge in [-0.25, -0.2) is 8.78 Å². The summed E-state index contributed by atoms with van der Waals surface area (Å²) in [6, 6.07) is 11.7. The molecule has 27 heavy (non-hydrogen) atoms. The van der Waals surface area contributed by atoms with E-state index in [1.54, 1.807) is 24.3 Å². The van der Waals surface area contributed by atoms with Crippen molar-refractivity contribution in [2.24, 2.45) is 5.73 Å². The van der Waals surface area contributed by atoms with Crippen LogP contribution in [0.1, 0.15) is 33.5 Å². The number of amides is 2. The van der Waals surface area contributed by atoms with E-state index in [1.165, 1.54) is 11.0 Å². The van der Waals surface area contributed by atoms with E-state index in [9.17, 15) is 18.4 Å². The van der Waals surface area contributed by atoms with Crippen molar-refractivity contribution in [1.82, 2.24) is 0 Å². The molecule has 0 aliphatic carbocycles. The van der Waals surface area contributed by atoms with Crippen LogP contribution in [0.25, 0.3) is 5.57 Å². The first-order valence-corrected chi connectivity index (χ1v) is 8.58. The molecule has 1 aliphatic heterocycles. The van der Waals surface area contributed by atoms with Crippen molar-refractivity contribution in [2.45, 2.75) is 26.2 Å². The van der Waals surface area contributed by atoms with Crippen LogP contribution in [-0.4, -0.2) is 24.3 Å². The highest BCUT2D eigenvalue weighted by Gasteiger charge is 2.41. The van der Waals surface area contributed by atoms with E-state index < -0.39 is 23.8 Å². The first-order valence-electron chi connectivity index (χ1n) is 8.58. The summed E-state index contributed by atoms with van der Waals surface area (Å²) in [4.78, 5) is 25.8. The molecule has 0 aromatic heterocycles. The third-order valence-electron chi connectivity index (χ3n) is 4.67. The van der Waals surface area contributed by atoms with Gasteiger partial charge in [0.25, 0.3) is 11.8 Å². The van der Waals surface area contributed by atoms with E-state index in [-0.39, 0.29) is 18.0 Å². The molecule has 1 aliphatic rings. The van der Waals surface area contributed by atoms with Gasteiger partial charge >= 0.3 is 0 Å². The van der Waals surface area contributed by atoms with E-state index in [0.29, 0.717) is 11.3 Å². The minimum absolute atomic E-state index is 0.136. The minimum atomic E-state index is -3.28. The maximum absolute atomic E-state index is 14.7. The Bertz CT molecular complexity index is 951. The molecule has 2 amide bonds. The van der Waals surface area contributed by atoms with Crippen LogP contribution in [-0.2, 0) is 4.79 Å². The molecule has 4 nitrogen and oxygen atoms in total. The summed E-state index contributed by atoms with van der Waals surface area (Å²) < 4.78 is 29.5. The zero-order chi connectivity index (χ0) is 19.8. The normalized spacial score (nSPS) is 17.3. The van der Waals surface area contributed by atoms with Crippen LogP contribution < -0.4 is 10.6 Å². The molecular weight excluding hydrogens is 350 g/mol. The second kappa shape index (κ2) is 6.95. The van der Waals surface area contributed by atoms with E-state index in [4.69, 9.17) is 5.73 Å². The van der Waals surface area contributed by atoms with Gasteiger partial charge in [-0.2, -0.15) is 0 Å². The van der Waals surface area contributed by atoms with Crippen molar-refractivity contribution >= 4 is 23.1 Å². The van der Waals surface area contributed by atoms with E-state index >= 15 is 0 Å². The van der Waals surface area contributed by atoms with E-state index in [1.807, 2.05) is 26.0 Å². The molecule has 3 rings (SSSR count). The van der Waals surface area contributed by atoms with Gasteiger partial charge in [0.1, 0.15) is 0 Å². The van der Waals surface area contributed by atoms with Crippen LogP contribution in [0.5, 0.6) is 0 Å². The van der Waals surface area contributed by atoms with Crippen LogP contribution in [0.15, 0.2) is 48.5 Å². The Morgan fingerprint density at radius 1 is 1.15 bits per heavy atom. The average Bonchev–Trinajstić information content (AvgIpc) is 2.69. The molecular formula is C21H20F2N2O2. The summed E-state index contributed by atoms with van der Waals surface area (Å²) in [5, 5.41) is 0. The summed E-state index contributed by atoms with van der Waals surface area (Å²) in [7, 11) is 0. The molecule has 6 heteroatoms. The lowest BCUT2D eigenvalue weighted by molar-refractivity contribution is -0.113. The van der Waals surface area contributed by atoms with Crippen molar-refractivity contribution in [3.63, 3.8) is 0 Å². The number of para-hydroxylation sites is 1. The van der Waals surface area contributed by atoms with Gasteiger partial charge in [0.05, 0.1) is 5.69 Å². The highest BCUT2D eigenvalue weighted by Crippen LogP contribution is 2.43. The van der Waals surface area contributed by atoms with Gasteiger partial charge < -0.3 is 10.6 Å². The lowest BCUT2D eigenvalue weighted by atomic mass is 9.97. The standard InChI is InChI=1S/C21H20F2N2O2/c1-13-7-8-15(14(2)11-13)20(27)25-10-9-21(22,23)17(12-19(24)26)16-5-3-4-6-18(16)25/h3-8,11-12H,9-10H2,1-2H3,(H2,24,26)/b17-12-. The molecule has 2 aromatic rings. The Kier molecular flexibility index (Phi) is 4.83. The van der Waals surface area contributed by atoms with Gasteiger partial charge in [-0.05, 0) is 31.5 Å². The number of benzene rings is 2. The van der Waals surface area contributed by atoms with Crippen molar-refractivity contribution in [3.05, 3.63) is 70.8 Å². The molecule has 0 fully saturated rings. The molecule has 0 saturated heterocycles. The van der Waals surface area contributed by atoms with Crippen LogP contribution in [0, 0.1) is 13.8 Å². The quantitative estimate of drug-likeness (QED) is 0.816. The number of rotatable bonds is 2. The smallest absolute Gasteiger partial charge is 0.275 e. The van der Waals surface area contributed by atoms with Gasteiger partial charge in [-0.3, -0.25) is 9.59 Å². The number of nitrogens with two attached hydrogens (primary N) is 1. The predicted molar refractivity (Wildman–Crippen MR) is 101 cm³/mol. The van der Waals surface area contributed by atoms with Gasteiger partial charge in [-0.15, -0.1) is 0 Å². The number of alkyl halides is 2. The van der Waals surface area contributed by atoms with Crippen LogP contribution in [0.2, 0.25) is 0 Å². The van der Waals surface area contributed by atoms with Gasteiger partial charge in [0.15, 0.2) is 0 Å². The van der Waals surface area contributed by atoms with Crippen molar-refractivity contribution in [2.75, 3.05) is 11.4 Å². The number of anilines is 1. The number of carbonyl (C=O) groups is 2. The van der Waals surface area contributed by atoms with Gasteiger partial charge in [-0.1, -0.05) is 35.9 Å². The molecule has 0 saturated carbocycles. The molecule has 0 radical (unpaired) electrons. The predicted octanol–water partition coefficient (Wildman–Crippen LogP) is 3.86. The summed E-state index contributed by atoms with van der Waals surface area (Å²) in [6.45, 7) is 3.56. The summed E-state index contributed by atoms with van der Waals surface area (Å²) in [5.41, 5.74) is 7.41. The molecule has 2 aromatic carbocycles. The fourth-order valence-electron chi connectivity index (χ4n) is 3.38. The lowest BCUT2D eigenvalue weighted by Crippen LogP contribution is -2.33. The van der Waals surface area contributed by atoms with Crippen LogP contribution >= 0.6 is 0 Å². The number of halogens is 2. The largest absolute Gasteiger partial charge is 0.366 e. The van der Waals surface area contributed by atoms with Gasteiger partial charge in [0.2, 0.25) is 5.91 Å². The Morgan fingerprint density at radius 3 is 2.52 bits per heavy atom. The minimum Gasteiger partial charge on any atom is -0.366 e. The van der Waals surface area contributed by atoms with Gasteiger partial charge in [0, 0.05) is 35.7 Å². The van der Waals surface area contributed by atoms with Crippen molar-refractivity contribution < 1.29 is 18.4 Å². The molecule has 0 spiro atoms. The fourth-order valence-corrected chi connectivity index (χ4v) is 3.38. The highest BCUT2D eigenvalue weighted by molar-refractivity contribution is 6.09. The fraction of sp³-hybridized carbons (Fsp3) is 0.238. The summed E-state index contributed by atoms with van der Waals surface area (Å²) in [6.07, 6.45) is 0.154. The zero-order valence-electron chi connectivity index (χ0n) is 15.1. The Morgan fingerprint density at radius 2 is 1.85 bits per heavy atom. The van der Waals surface area contributed by atoms with Crippen LogP contribution in [0.4, 0.5) is 14.5 Å². The second-order valence-corrected chi connectivity index (χ2v) is 6.71. The number of nitrogens with zero attached hydrogens (tertiary/aromatic N) is 1. The number of primary amides is 1. The molecule has 1 heterocycles. The van der Waals surface area contributed by atoms with Crippen molar-refractivity contribution in [1.29, 1.82) is 0 Å². The van der Waals surface area contributed by atoms with E-state index in [0.717, 1.165) is 17.2 Å². The summed E-state index contributed by atoms with van der Waals surface area (Å²) >= 11 is 0. The number of fused-ring (bicyclic) bond motifs is 1. The Hall–Kier alpha value is -3.02. The monoisotopic (exact) mass is 370 g/mol. The maximum Gasteiger partial charge on any atom is 0.275 e. The average molecular weight is 370 g/mol. The zero-order valence-corrected chi connectivity index (χ0v) is 15.1. The van der Waals surface area contributed by atoms with Crippen molar-refractivity contribution in [3.8, 4) is 0 Å². The first-order chi connectivity index (χ1) is 12.7. The number of allylic oxidation sites excluding steroid dienone is 1. The summed E-state index contributed by atoms with van der Waals surface area (Å²) in [5.74, 6) is -4.58. The number of hydrogen-bond donors (Lipinski definition) is 1. The van der Waals surface area contributed by atoms with E-state index in [2.05, 4.69) is 0 Å².